The van der Waals surface area contributed by atoms with Gasteiger partial charge in [-0.1, -0.05) is 0 Å². The van der Waals surface area contributed by atoms with Gasteiger partial charge in [-0.25, -0.2) is 4.79 Å². The van der Waals surface area contributed by atoms with Crippen molar-refractivity contribution in [3.63, 3.8) is 0 Å². The SMILES string of the molecule is COc1cc(C=CC(=O)OCC(=O)Nc2sc3c(c2C#N)CCC3)cc(OC)c1OC. The number of fused-ring (bicyclic) bond motifs is 1. The number of nitriles is 1. The summed E-state index contributed by atoms with van der Waals surface area (Å²) >= 11 is 1.41. The number of nitrogens with zero attached hydrogens (tertiary/aromatic N) is 1. The van der Waals surface area contributed by atoms with Crippen molar-refractivity contribution >= 4 is 34.3 Å². The minimum Gasteiger partial charge on any atom is -0.493 e. The third-order valence-corrected chi connectivity index (χ3v) is 5.94. The number of methoxy groups -OCH3 is 3. The lowest BCUT2D eigenvalue weighted by atomic mass is 10.1. The van der Waals surface area contributed by atoms with Crippen LogP contribution in [0.5, 0.6) is 17.2 Å². The summed E-state index contributed by atoms with van der Waals surface area (Å²) in [5.41, 5.74) is 2.16. The number of hydrogen-bond acceptors (Lipinski definition) is 8. The second kappa shape index (κ2) is 10.00. The molecule has 1 heterocycles. The van der Waals surface area contributed by atoms with Crippen molar-refractivity contribution in [2.45, 2.75) is 19.3 Å². The predicted octanol–water partition coefficient (Wildman–Crippen LogP) is 3.33. The fourth-order valence-electron chi connectivity index (χ4n) is 3.32. The highest BCUT2D eigenvalue weighted by molar-refractivity contribution is 7.16. The molecule has 1 aromatic carbocycles. The number of amides is 1. The fraction of sp³-hybridized carbons (Fsp3) is 0.318. The zero-order valence-electron chi connectivity index (χ0n) is 17.4. The lowest BCUT2D eigenvalue weighted by molar-refractivity contribution is -0.142. The van der Waals surface area contributed by atoms with Crippen LogP contribution in [0.15, 0.2) is 18.2 Å². The van der Waals surface area contributed by atoms with E-state index in [4.69, 9.17) is 18.9 Å². The maximum Gasteiger partial charge on any atom is 0.331 e. The van der Waals surface area contributed by atoms with Crippen LogP contribution < -0.4 is 19.5 Å². The Kier molecular flexibility index (Phi) is 7.15. The molecule has 1 amide bonds. The summed E-state index contributed by atoms with van der Waals surface area (Å²) in [5.74, 6) is 0.164. The van der Waals surface area contributed by atoms with Crippen LogP contribution in [0.4, 0.5) is 5.00 Å². The monoisotopic (exact) mass is 442 g/mol. The largest absolute Gasteiger partial charge is 0.493 e. The van der Waals surface area contributed by atoms with Crippen molar-refractivity contribution < 1.29 is 28.5 Å². The minimum absolute atomic E-state index is 0.442. The number of carbonyl (C=O) groups excluding carboxylic acids is 2. The molecule has 0 atom stereocenters. The molecule has 3 rings (SSSR count). The average molecular weight is 442 g/mol. The van der Waals surface area contributed by atoms with E-state index in [1.54, 1.807) is 12.1 Å². The van der Waals surface area contributed by atoms with Gasteiger partial charge in [0.15, 0.2) is 18.1 Å². The summed E-state index contributed by atoms with van der Waals surface area (Å²) in [6.07, 6.45) is 5.52. The maximum atomic E-state index is 12.2. The number of nitrogens with one attached hydrogen (secondary N) is 1. The van der Waals surface area contributed by atoms with E-state index in [0.29, 0.717) is 33.4 Å². The van der Waals surface area contributed by atoms with Gasteiger partial charge in [0.2, 0.25) is 5.75 Å². The van der Waals surface area contributed by atoms with Crippen molar-refractivity contribution in [3.05, 3.63) is 39.8 Å². The normalized spacial score (nSPS) is 12.2. The van der Waals surface area contributed by atoms with Crippen LogP contribution in [0.1, 0.15) is 28.0 Å². The molecule has 0 aliphatic heterocycles. The number of anilines is 1. The molecule has 1 aromatic heterocycles. The molecule has 1 N–H and O–H groups in total. The average Bonchev–Trinajstić information content (AvgIpc) is 3.35. The summed E-state index contributed by atoms with van der Waals surface area (Å²) in [5, 5.41) is 12.6. The van der Waals surface area contributed by atoms with Gasteiger partial charge >= 0.3 is 5.97 Å². The van der Waals surface area contributed by atoms with E-state index >= 15 is 0 Å². The summed E-state index contributed by atoms with van der Waals surface area (Å²) < 4.78 is 20.8. The van der Waals surface area contributed by atoms with E-state index in [1.807, 2.05) is 0 Å². The van der Waals surface area contributed by atoms with E-state index in [-0.39, 0.29) is 0 Å². The van der Waals surface area contributed by atoms with Gasteiger partial charge in [0.05, 0.1) is 26.9 Å². The van der Waals surface area contributed by atoms with Crippen LogP contribution in [0, 0.1) is 11.3 Å². The standard InChI is InChI=1S/C22H22N2O6S/c1-27-16-9-13(10-17(28-2)21(16)29-3)7-8-20(26)30-12-19(25)24-22-15(11-23)14-5-4-6-18(14)31-22/h7-10H,4-6,12H2,1-3H3,(H,24,25). The molecule has 0 fully saturated rings. The highest BCUT2D eigenvalue weighted by atomic mass is 32.1. The maximum absolute atomic E-state index is 12.2. The Morgan fingerprint density at radius 2 is 1.87 bits per heavy atom. The van der Waals surface area contributed by atoms with Gasteiger partial charge in [0, 0.05) is 11.0 Å². The highest BCUT2D eigenvalue weighted by Gasteiger charge is 2.23. The number of aryl methyl sites for hydroxylation is 1. The summed E-state index contributed by atoms with van der Waals surface area (Å²) in [4.78, 5) is 25.3. The third kappa shape index (κ3) is 4.98. The molecule has 9 heteroatoms. The second-order valence-corrected chi connectivity index (χ2v) is 7.73. The number of benzene rings is 1. The summed E-state index contributed by atoms with van der Waals surface area (Å²) in [6.45, 7) is -0.453. The molecule has 0 bridgehead atoms. The Morgan fingerprint density at radius 1 is 1.16 bits per heavy atom. The van der Waals surface area contributed by atoms with Gasteiger partial charge in [0.25, 0.3) is 5.91 Å². The predicted molar refractivity (Wildman–Crippen MR) is 116 cm³/mol. The Balaban J connectivity index is 1.59. The van der Waals surface area contributed by atoms with Crippen molar-refractivity contribution in [2.75, 3.05) is 33.3 Å². The fourth-order valence-corrected chi connectivity index (χ4v) is 4.58. The third-order valence-electron chi connectivity index (χ3n) is 4.73. The smallest absolute Gasteiger partial charge is 0.331 e. The number of esters is 1. The van der Waals surface area contributed by atoms with Crippen LogP contribution in [0.25, 0.3) is 6.08 Å². The van der Waals surface area contributed by atoms with Gasteiger partial charge in [0.1, 0.15) is 11.1 Å². The van der Waals surface area contributed by atoms with E-state index in [1.165, 1.54) is 44.8 Å². The van der Waals surface area contributed by atoms with Crippen LogP contribution in [-0.2, 0) is 27.2 Å². The lowest BCUT2D eigenvalue weighted by Crippen LogP contribution is -2.20. The van der Waals surface area contributed by atoms with Gasteiger partial charge in [-0.3, -0.25) is 4.79 Å². The van der Waals surface area contributed by atoms with Crippen molar-refractivity contribution in [1.29, 1.82) is 5.26 Å². The Labute approximate surface area is 184 Å². The minimum atomic E-state index is -0.682. The zero-order chi connectivity index (χ0) is 22.4. The number of hydrogen-bond donors (Lipinski definition) is 1. The topological polar surface area (TPSA) is 107 Å². The van der Waals surface area contributed by atoms with E-state index in [0.717, 1.165) is 29.7 Å². The van der Waals surface area contributed by atoms with Gasteiger partial charge in [-0.15, -0.1) is 11.3 Å². The summed E-state index contributed by atoms with van der Waals surface area (Å²) in [7, 11) is 4.50. The molecule has 162 valence electrons. The first-order valence-corrected chi connectivity index (χ1v) is 10.3. The molecular formula is C22H22N2O6S. The Hall–Kier alpha value is -3.51. The highest BCUT2D eigenvalue weighted by Crippen LogP contribution is 2.39. The van der Waals surface area contributed by atoms with Gasteiger partial charge in [-0.2, -0.15) is 5.26 Å². The zero-order valence-corrected chi connectivity index (χ0v) is 18.3. The first kappa shape index (κ1) is 22.2. The second-order valence-electron chi connectivity index (χ2n) is 6.62. The van der Waals surface area contributed by atoms with E-state index in [2.05, 4.69) is 11.4 Å². The molecule has 1 aliphatic carbocycles. The van der Waals surface area contributed by atoms with Crippen molar-refractivity contribution in [2.24, 2.45) is 0 Å². The molecule has 2 aromatic rings. The molecule has 0 spiro atoms. The van der Waals surface area contributed by atoms with Gasteiger partial charge in [-0.05, 0) is 48.6 Å². The van der Waals surface area contributed by atoms with Crippen LogP contribution in [0.2, 0.25) is 0 Å². The molecular weight excluding hydrogens is 420 g/mol. The van der Waals surface area contributed by atoms with E-state index in [9.17, 15) is 14.9 Å². The van der Waals surface area contributed by atoms with Crippen molar-refractivity contribution in [1.82, 2.24) is 0 Å². The molecule has 8 nitrogen and oxygen atoms in total. The quantitative estimate of drug-likeness (QED) is 0.494. The molecule has 1 aliphatic rings. The van der Waals surface area contributed by atoms with E-state index < -0.39 is 18.5 Å². The number of ether oxygens (including phenoxy) is 4. The van der Waals surface area contributed by atoms with Crippen molar-refractivity contribution in [3.8, 4) is 23.3 Å². The Bertz CT molecular complexity index is 1040. The number of carbonyl (C=O) groups is 2. The molecule has 31 heavy (non-hydrogen) atoms. The number of rotatable bonds is 8. The number of thiophene rings is 1. The van der Waals surface area contributed by atoms with Gasteiger partial charge < -0.3 is 24.3 Å². The lowest BCUT2D eigenvalue weighted by Gasteiger charge is -2.12. The van der Waals surface area contributed by atoms with Crippen LogP contribution >= 0.6 is 11.3 Å². The van der Waals surface area contributed by atoms with Crippen LogP contribution in [-0.4, -0.2) is 39.8 Å². The first-order valence-electron chi connectivity index (χ1n) is 9.50. The molecule has 0 radical (unpaired) electrons. The Morgan fingerprint density at radius 3 is 2.48 bits per heavy atom. The first-order chi connectivity index (χ1) is 15.0. The molecule has 0 unspecified atom stereocenters. The molecule has 0 saturated heterocycles. The summed E-state index contributed by atoms with van der Waals surface area (Å²) in [6, 6.07) is 5.51. The van der Waals surface area contributed by atoms with Crippen LogP contribution in [0.3, 0.4) is 0 Å². The molecule has 0 saturated carbocycles.